The molecule has 0 saturated carbocycles. The van der Waals surface area contributed by atoms with Crippen LogP contribution in [-0.4, -0.2) is 29.7 Å². The Balaban J connectivity index is 1.44. The Labute approximate surface area is 187 Å². The molecule has 1 aliphatic rings. The minimum absolute atomic E-state index is 0.147. The molecule has 1 aliphatic heterocycles. The molecule has 0 unspecified atom stereocenters. The van der Waals surface area contributed by atoms with E-state index in [-0.39, 0.29) is 6.61 Å². The van der Waals surface area contributed by atoms with Crippen molar-refractivity contribution in [1.29, 1.82) is 0 Å². The highest BCUT2D eigenvalue weighted by molar-refractivity contribution is 7.97. The van der Waals surface area contributed by atoms with E-state index in [0.717, 1.165) is 10.9 Å². The van der Waals surface area contributed by atoms with Crippen LogP contribution < -0.4 is 4.74 Å². The number of hydrogen-bond acceptors (Lipinski definition) is 3. The van der Waals surface area contributed by atoms with Crippen molar-refractivity contribution in [2.24, 2.45) is 0 Å². The van der Waals surface area contributed by atoms with Crippen LogP contribution in [0.3, 0.4) is 0 Å². The Morgan fingerprint density at radius 3 is 2.35 bits per heavy atom. The third-order valence-electron chi connectivity index (χ3n) is 5.18. The zero-order valence-electron chi connectivity index (χ0n) is 18.0. The van der Waals surface area contributed by atoms with Crippen molar-refractivity contribution < 1.29 is 14.3 Å². The molecule has 0 spiro atoms. The molecule has 1 heterocycles. The van der Waals surface area contributed by atoms with E-state index in [1.54, 1.807) is 13.8 Å². The van der Waals surface area contributed by atoms with Gasteiger partial charge in [0.05, 0.1) is 0 Å². The van der Waals surface area contributed by atoms with Gasteiger partial charge in [0.15, 0.2) is 17.1 Å². The lowest BCUT2D eigenvalue weighted by Gasteiger charge is -2.19. The van der Waals surface area contributed by atoms with Gasteiger partial charge in [0, 0.05) is 27.2 Å². The number of fused-ring (bicyclic) bond motifs is 1. The Hall–Kier alpha value is -2.90. The second-order valence-electron chi connectivity index (χ2n) is 8.10. The van der Waals surface area contributed by atoms with Gasteiger partial charge in [0.1, 0.15) is 17.3 Å². The van der Waals surface area contributed by atoms with Gasteiger partial charge in [0.25, 0.3) is 0 Å². The fourth-order valence-corrected chi connectivity index (χ4v) is 6.21. The van der Waals surface area contributed by atoms with Crippen molar-refractivity contribution in [1.82, 2.24) is 0 Å². The van der Waals surface area contributed by atoms with Crippen LogP contribution >= 0.6 is 0 Å². The first-order valence-electron chi connectivity index (χ1n) is 10.6. The molecule has 0 amide bonds. The van der Waals surface area contributed by atoms with Gasteiger partial charge in [-0.15, -0.1) is 0 Å². The van der Waals surface area contributed by atoms with Gasteiger partial charge in [-0.3, -0.25) is 0 Å². The van der Waals surface area contributed by atoms with E-state index < -0.39 is 11.6 Å². The first kappa shape index (κ1) is 21.3. The fourth-order valence-electron chi connectivity index (χ4n) is 3.72. The molecule has 3 aromatic rings. The number of rotatable bonds is 5. The number of carbonyl (C=O) groups excluding carboxylic acids is 1. The summed E-state index contributed by atoms with van der Waals surface area (Å²) in [5, 5.41) is 2.28. The molecule has 158 valence electrons. The second-order valence-corrected chi connectivity index (χ2v) is 10.3. The smallest absolute Gasteiger partial charge is 0.345 e. The van der Waals surface area contributed by atoms with E-state index in [0.29, 0.717) is 16.6 Å². The first-order valence-corrected chi connectivity index (χ1v) is 12.2. The predicted molar refractivity (Wildman–Crippen MR) is 128 cm³/mol. The molecular weight excluding hydrogens is 404 g/mol. The number of hydrogen-bond donors (Lipinski definition) is 0. The lowest BCUT2D eigenvalue weighted by Crippen LogP contribution is -2.29. The summed E-state index contributed by atoms with van der Waals surface area (Å²) in [5.74, 6) is 8.91. The highest BCUT2D eigenvalue weighted by Gasteiger charge is 2.29. The van der Waals surface area contributed by atoms with E-state index in [2.05, 4.69) is 36.1 Å². The van der Waals surface area contributed by atoms with Gasteiger partial charge in [-0.1, -0.05) is 48.2 Å². The van der Waals surface area contributed by atoms with Crippen molar-refractivity contribution in [3.63, 3.8) is 0 Å². The molecule has 0 aliphatic carbocycles. The van der Waals surface area contributed by atoms with Gasteiger partial charge >= 0.3 is 5.97 Å². The van der Waals surface area contributed by atoms with E-state index in [9.17, 15) is 4.79 Å². The largest absolute Gasteiger partial charge is 0.481 e. The Morgan fingerprint density at radius 2 is 1.61 bits per heavy atom. The van der Waals surface area contributed by atoms with Crippen molar-refractivity contribution in [2.75, 3.05) is 18.1 Å². The van der Waals surface area contributed by atoms with Crippen LogP contribution in [0.15, 0.2) is 71.6 Å². The number of ether oxygens (including phenoxy) is 2. The molecule has 4 rings (SSSR count). The quantitative estimate of drug-likeness (QED) is 0.310. The van der Waals surface area contributed by atoms with Gasteiger partial charge in [-0.05, 0) is 57.0 Å². The van der Waals surface area contributed by atoms with Crippen LogP contribution in [0, 0.1) is 11.8 Å². The SMILES string of the molecule is CC(C)(C#Cc1ccccc1)OC(=O)COc1ccc([S+]2CCCC2)c2ccccc12. The summed E-state index contributed by atoms with van der Waals surface area (Å²) in [6.07, 6.45) is 2.62. The molecule has 3 nitrogen and oxygen atoms in total. The highest BCUT2D eigenvalue weighted by Crippen LogP contribution is 2.34. The molecule has 3 aromatic carbocycles. The van der Waals surface area contributed by atoms with Crippen molar-refractivity contribution >= 4 is 27.6 Å². The highest BCUT2D eigenvalue weighted by atomic mass is 32.2. The molecule has 0 bridgehead atoms. The third kappa shape index (κ3) is 5.42. The Kier molecular flexibility index (Phi) is 6.53. The molecular formula is C27H27O3S+. The molecule has 31 heavy (non-hydrogen) atoms. The maximum Gasteiger partial charge on any atom is 0.345 e. The maximum atomic E-state index is 12.4. The summed E-state index contributed by atoms with van der Waals surface area (Å²) in [6.45, 7) is 3.42. The number of benzene rings is 3. The van der Waals surface area contributed by atoms with E-state index in [4.69, 9.17) is 9.47 Å². The molecule has 0 atom stereocenters. The standard InChI is InChI=1S/C27H27O3S/c1-27(2,17-16-21-10-4-3-5-11-21)30-26(28)20-29-24-14-15-25(31-18-8-9-19-31)23-13-7-6-12-22(23)24/h3-7,10-15H,8-9,18-20H2,1-2H3/q+1. The molecule has 0 aromatic heterocycles. The maximum absolute atomic E-state index is 12.4. The molecule has 4 heteroatoms. The predicted octanol–water partition coefficient (Wildman–Crippen LogP) is 5.36. The van der Waals surface area contributed by atoms with Crippen molar-refractivity contribution in [2.45, 2.75) is 37.2 Å². The van der Waals surface area contributed by atoms with Crippen LogP contribution in [0.2, 0.25) is 0 Å². The van der Waals surface area contributed by atoms with E-state index >= 15 is 0 Å². The van der Waals surface area contributed by atoms with Gasteiger partial charge < -0.3 is 9.47 Å². The summed E-state index contributed by atoms with van der Waals surface area (Å²) < 4.78 is 11.4. The zero-order chi connectivity index (χ0) is 21.7. The minimum atomic E-state index is -0.897. The molecule has 0 radical (unpaired) electrons. The first-order chi connectivity index (χ1) is 15.0. The van der Waals surface area contributed by atoms with Gasteiger partial charge in [-0.2, -0.15) is 0 Å². The average molecular weight is 432 g/mol. The molecule has 1 saturated heterocycles. The number of esters is 1. The van der Waals surface area contributed by atoms with Gasteiger partial charge in [0.2, 0.25) is 0 Å². The zero-order valence-corrected chi connectivity index (χ0v) is 18.8. The van der Waals surface area contributed by atoms with Crippen LogP contribution in [-0.2, 0) is 20.4 Å². The van der Waals surface area contributed by atoms with E-state index in [1.807, 2.05) is 42.5 Å². The van der Waals surface area contributed by atoms with Gasteiger partial charge in [-0.25, -0.2) is 4.79 Å². The normalized spacial score (nSPS) is 14.1. The van der Waals surface area contributed by atoms with E-state index in [1.165, 1.54) is 34.6 Å². The topological polar surface area (TPSA) is 35.5 Å². The molecule has 1 fully saturated rings. The van der Waals surface area contributed by atoms with Crippen molar-refractivity contribution in [3.05, 3.63) is 72.3 Å². The summed E-state index contributed by atoms with van der Waals surface area (Å²) in [7, 11) is 0.320. The van der Waals surface area contributed by atoms with Crippen LogP contribution in [0.4, 0.5) is 0 Å². The summed E-state index contributed by atoms with van der Waals surface area (Å²) in [5.41, 5.74) is -0.0105. The van der Waals surface area contributed by atoms with Crippen LogP contribution in [0.5, 0.6) is 5.75 Å². The number of carbonyl (C=O) groups is 1. The van der Waals surface area contributed by atoms with Crippen LogP contribution in [0.1, 0.15) is 32.3 Å². The van der Waals surface area contributed by atoms with Crippen molar-refractivity contribution in [3.8, 4) is 17.6 Å². The summed E-state index contributed by atoms with van der Waals surface area (Å²) in [4.78, 5) is 13.9. The van der Waals surface area contributed by atoms with Crippen LogP contribution in [0.25, 0.3) is 10.8 Å². The Bertz CT molecular complexity index is 1120. The second kappa shape index (κ2) is 9.49. The summed E-state index contributed by atoms with van der Waals surface area (Å²) >= 11 is 0. The molecule has 0 N–H and O–H groups in total. The fraction of sp³-hybridized carbons (Fsp3) is 0.296. The third-order valence-corrected chi connectivity index (χ3v) is 7.72. The lowest BCUT2D eigenvalue weighted by atomic mass is 10.1. The minimum Gasteiger partial charge on any atom is -0.481 e. The summed E-state index contributed by atoms with van der Waals surface area (Å²) in [6, 6.07) is 22.1. The average Bonchev–Trinajstić information content (AvgIpc) is 3.31. The monoisotopic (exact) mass is 431 g/mol. The lowest BCUT2D eigenvalue weighted by molar-refractivity contribution is -0.154. The Morgan fingerprint density at radius 1 is 0.935 bits per heavy atom.